The molecular weight excluding hydrogens is 359 g/mol. The number of methoxy groups -OCH3 is 1. The molecular formula is C27H35FO. The second-order valence-corrected chi connectivity index (χ2v) is 9.32. The first kappa shape index (κ1) is 20.4. The first-order valence-electron chi connectivity index (χ1n) is 11.6. The van der Waals surface area contributed by atoms with Gasteiger partial charge >= 0.3 is 0 Å². The molecule has 4 rings (SSSR count). The predicted octanol–water partition coefficient (Wildman–Crippen LogP) is 7.99. The Morgan fingerprint density at radius 1 is 0.897 bits per heavy atom. The summed E-state index contributed by atoms with van der Waals surface area (Å²) in [6.45, 7) is 2.31. The monoisotopic (exact) mass is 394 g/mol. The summed E-state index contributed by atoms with van der Waals surface area (Å²) in [4.78, 5) is 0. The summed E-state index contributed by atoms with van der Waals surface area (Å²) in [6, 6.07) is 14.1. The molecule has 0 N–H and O–H groups in total. The highest BCUT2D eigenvalue weighted by molar-refractivity contribution is 5.64. The number of ether oxygens (including phenoxy) is 1. The van der Waals surface area contributed by atoms with Crippen LogP contribution in [0.25, 0.3) is 11.1 Å². The summed E-state index contributed by atoms with van der Waals surface area (Å²) < 4.78 is 19.1. The van der Waals surface area contributed by atoms with Crippen LogP contribution in [0, 0.1) is 23.6 Å². The van der Waals surface area contributed by atoms with Gasteiger partial charge in [0.15, 0.2) is 11.6 Å². The van der Waals surface area contributed by atoms with E-state index in [2.05, 4.69) is 31.2 Å². The van der Waals surface area contributed by atoms with Crippen LogP contribution in [0.4, 0.5) is 4.39 Å². The predicted molar refractivity (Wildman–Crippen MR) is 119 cm³/mol. The van der Waals surface area contributed by atoms with E-state index in [4.69, 9.17) is 4.74 Å². The topological polar surface area (TPSA) is 9.23 Å². The number of hydrogen-bond acceptors (Lipinski definition) is 1. The molecule has 0 aliphatic heterocycles. The number of fused-ring (bicyclic) bond motifs is 1. The van der Waals surface area contributed by atoms with Crippen molar-refractivity contribution in [3.63, 3.8) is 0 Å². The summed E-state index contributed by atoms with van der Waals surface area (Å²) in [7, 11) is 1.50. The van der Waals surface area contributed by atoms with E-state index in [1.165, 1.54) is 70.5 Å². The Kier molecular flexibility index (Phi) is 6.57. The van der Waals surface area contributed by atoms with Crippen molar-refractivity contribution < 1.29 is 9.13 Å². The van der Waals surface area contributed by atoms with Gasteiger partial charge in [0.2, 0.25) is 0 Å². The molecule has 0 radical (unpaired) electrons. The van der Waals surface area contributed by atoms with Gasteiger partial charge in [0.05, 0.1) is 7.11 Å². The maximum absolute atomic E-state index is 14.0. The quantitative estimate of drug-likeness (QED) is 0.482. The normalized spacial score (nSPS) is 26.7. The Bertz CT molecular complexity index is 797. The first-order valence-corrected chi connectivity index (χ1v) is 11.6. The van der Waals surface area contributed by atoms with Crippen LogP contribution in [0.5, 0.6) is 5.75 Å². The van der Waals surface area contributed by atoms with Gasteiger partial charge < -0.3 is 4.74 Å². The standard InChI is InChI=1S/C27H35FO/c1-3-4-5-19-6-7-24-17-23(13-12-22(24)16-19)20-8-10-21(11-9-20)25-14-15-27(29-2)26(28)18-25/h8-11,14-15,18-19,22-24H,3-7,12-13,16-17H2,1-2H3/t19?,22-,23-,24-/m1/s1. The highest BCUT2D eigenvalue weighted by Gasteiger charge is 2.35. The van der Waals surface area contributed by atoms with Crippen molar-refractivity contribution in [3.05, 3.63) is 53.8 Å². The molecule has 1 unspecified atom stereocenters. The Balaban J connectivity index is 1.39. The van der Waals surface area contributed by atoms with Crippen LogP contribution < -0.4 is 4.74 Å². The molecule has 29 heavy (non-hydrogen) atoms. The van der Waals surface area contributed by atoms with E-state index in [0.717, 1.165) is 28.9 Å². The van der Waals surface area contributed by atoms with Gasteiger partial charge in [-0.05, 0) is 84.6 Å². The summed E-state index contributed by atoms with van der Waals surface area (Å²) in [5.41, 5.74) is 3.44. The Morgan fingerprint density at radius 2 is 1.62 bits per heavy atom. The van der Waals surface area contributed by atoms with Crippen molar-refractivity contribution >= 4 is 0 Å². The van der Waals surface area contributed by atoms with Gasteiger partial charge in [0.1, 0.15) is 0 Å². The average molecular weight is 395 g/mol. The highest BCUT2D eigenvalue weighted by atomic mass is 19.1. The lowest BCUT2D eigenvalue weighted by Gasteiger charge is -2.42. The fourth-order valence-corrected chi connectivity index (χ4v) is 5.84. The number of hydrogen-bond donors (Lipinski definition) is 0. The second-order valence-electron chi connectivity index (χ2n) is 9.32. The van der Waals surface area contributed by atoms with E-state index in [-0.39, 0.29) is 5.82 Å². The molecule has 0 aromatic heterocycles. The SMILES string of the molecule is CCCCC1CC[C@@H]2C[C@H](c3ccc(-c4ccc(OC)c(F)c4)cc3)CC[C@@H]2C1. The minimum absolute atomic E-state index is 0.298. The molecule has 2 aliphatic rings. The molecule has 2 aromatic carbocycles. The van der Waals surface area contributed by atoms with Gasteiger partial charge in [-0.1, -0.05) is 62.9 Å². The van der Waals surface area contributed by atoms with Gasteiger partial charge in [-0.2, -0.15) is 0 Å². The molecule has 2 fully saturated rings. The molecule has 2 heteroatoms. The molecule has 4 atom stereocenters. The van der Waals surface area contributed by atoms with Crippen LogP contribution in [-0.4, -0.2) is 7.11 Å². The molecule has 0 saturated heterocycles. The lowest BCUT2D eigenvalue weighted by molar-refractivity contribution is 0.113. The van der Waals surface area contributed by atoms with Crippen LogP contribution >= 0.6 is 0 Å². The van der Waals surface area contributed by atoms with Crippen molar-refractivity contribution in [1.29, 1.82) is 0 Å². The molecule has 0 amide bonds. The van der Waals surface area contributed by atoms with E-state index < -0.39 is 0 Å². The van der Waals surface area contributed by atoms with Gasteiger partial charge in [0, 0.05) is 0 Å². The third-order valence-corrected chi connectivity index (χ3v) is 7.55. The maximum atomic E-state index is 14.0. The summed E-state index contributed by atoms with van der Waals surface area (Å²) in [6.07, 6.45) is 12.7. The zero-order chi connectivity index (χ0) is 20.2. The lowest BCUT2D eigenvalue weighted by Crippen LogP contribution is -2.30. The van der Waals surface area contributed by atoms with Gasteiger partial charge in [-0.25, -0.2) is 4.39 Å². The van der Waals surface area contributed by atoms with E-state index >= 15 is 0 Å². The molecule has 2 aliphatic carbocycles. The number of unbranched alkanes of at least 4 members (excludes halogenated alkanes) is 1. The average Bonchev–Trinajstić information content (AvgIpc) is 2.77. The largest absolute Gasteiger partial charge is 0.494 e. The number of benzene rings is 2. The second kappa shape index (κ2) is 9.32. The van der Waals surface area contributed by atoms with Gasteiger partial charge in [-0.3, -0.25) is 0 Å². The Hall–Kier alpha value is -1.83. The third kappa shape index (κ3) is 4.68. The molecule has 2 aromatic rings. The third-order valence-electron chi connectivity index (χ3n) is 7.55. The summed E-state index contributed by atoms with van der Waals surface area (Å²) in [5, 5.41) is 0. The molecule has 156 valence electrons. The number of halogens is 1. The minimum atomic E-state index is -0.304. The van der Waals surface area contributed by atoms with Crippen LogP contribution in [0.1, 0.15) is 76.2 Å². The Labute approximate surface area is 175 Å². The maximum Gasteiger partial charge on any atom is 0.165 e. The van der Waals surface area contributed by atoms with Crippen LogP contribution in [0.2, 0.25) is 0 Å². The fourth-order valence-electron chi connectivity index (χ4n) is 5.84. The van der Waals surface area contributed by atoms with E-state index in [9.17, 15) is 4.39 Å². The van der Waals surface area contributed by atoms with E-state index in [1.807, 2.05) is 6.07 Å². The van der Waals surface area contributed by atoms with Crippen LogP contribution in [0.3, 0.4) is 0 Å². The summed E-state index contributed by atoms with van der Waals surface area (Å²) in [5.74, 6) is 3.60. The molecule has 0 heterocycles. The van der Waals surface area contributed by atoms with Crippen LogP contribution in [0.15, 0.2) is 42.5 Å². The van der Waals surface area contributed by atoms with Crippen molar-refractivity contribution in [1.82, 2.24) is 0 Å². The molecule has 2 saturated carbocycles. The van der Waals surface area contributed by atoms with Crippen molar-refractivity contribution in [3.8, 4) is 16.9 Å². The van der Waals surface area contributed by atoms with Crippen LogP contribution in [-0.2, 0) is 0 Å². The van der Waals surface area contributed by atoms with E-state index in [0.29, 0.717) is 11.7 Å². The van der Waals surface area contributed by atoms with E-state index in [1.54, 1.807) is 12.1 Å². The minimum Gasteiger partial charge on any atom is -0.494 e. The smallest absolute Gasteiger partial charge is 0.165 e. The first-order chi connectivity index (χ1) is 14.2. The zero-order valence-corrected chi connectivity index (χ0v) is 18.0. The van der Waals surface area contributed by atoms with Gasteiger partial charge in [0.25, 0.3) is 0 Å². The Morgan fingerprint density at radius 3 is 2.34 bits per heavy atom. The molecule has 0 bridgehead atoms. The van der Waals surface area contributed by atoms with Crippen molar-refractivity contribution in [2.24, 2.45) is 17.8 Å². The summed E-state index contributed by atoms with van der Waals surface area (Å²) >= 11 is 0. The lowest BCUT2D eigenvalue weighted by atomic mass is 9.63. The fraction of sp³-hybridized carbons (Fsp3) is 0.556. The van der Waals surface area contributed by atoms with Crippen molar-refractivity contribution in [2.45, 2.75) is 70.6 Å². The molecule has 1 nitrogen and oxygen atoms in total. The van der Waals surface area contributed by atoms with Gasteiger partial charge in [-0.15, -0.1) is 0 Å². The molecule has 0 spiro atoms. The zero-order valence-electron chi connectivity index (χ0n) is 18.0. The number of rotatable bonds is 6. The highest BCUT2D eigenvalue weighted by Crippen LogP contribution is 2.48. The van der Waals surface area contributed by atoms with Crippen molar-refractivity contribution in [2.75, 3.05) is 7.11 Å².